The van der Waals surface area contributed by atoms with Gasteiger partial charge >= 0.3 is 0 Å². The Morgan fingerprint density at radius 2 is 2.00 bits per heavy atom. The van der Waals surface area contributed by atoms with E-state index < -0.39 is 0 Å². The summed E-state index contributed by atoms with van der Waals surface area (Å²) < 4.78 is 5.19. The number of aromatic amines is 1. The number of hydrogen-bond donors (Lipinski definition) is 1. The average Bonchev–Trinajstić information content (AvgIpc) is 3.34. The SMILES string of the molecule is COc1ccc(-c2csc(C(C#N)=Cc3c[nH]c4ccccc34)n2)cc1. The molecule has 2 aromatic carbocycles. The second-order valence-electron chi connectivity index (χ2n) is 5.73. The minimum atomic E-state index is 0.555. The van der Waals surface area contributed by atoms with Gasteiger partial charge in [-0.3, -0.25) is 0 Å². The largest absolute Gasteiger partial charge is 0.497 e. The van der Waals surface area contributed by atoms with Gasteiger partial charge in [-0.05, 0) is 36.4 Å². The lowest BCUT2D eigenvalue weighted by Crippen LogP contribution is -1.84. The summed E-state index contributed by atoms with van der Waals surface area (Å²) in [4.78, 5) is 7.87. The number of nitrogens with one attached hydrogen (secondary N) is 1. The topological polar surface area (TPSA) is 61.7 Å². The molecule has 0 aliphatic heterocycles. The van der Waals surface area contributed by atoms with Gasteiger partial charge in [0.1, 0.15) is 16.8 Å². The highest BCUT2D eigenvalue weighted by molar-refractivity contribution is 7.11. The quantitative estimate of drug-likeness (QED) is 0.500. The van der Waals surface area contributed by atoms with Gasteiger partial charge in [0.2, 0.25) is 0 Å². The third kappa shape index (κ3) is 2.99. The Morgan fingerprint density at radius 1 is 1.19 bits per heavy atom. The third-order valence-corrected chi connectivity index (χ3v) is 5.04. The lowest BCUT2D eigenvalue weighted by Gasteiger charge is -2.00. The first-order valence-electron chi connectivity index (χ1n) is 8.07. The molecule has 4 rings (SSSR count). The number of thiazole rings is 1. The van der Waals surface area contributed by atoms with E-state index in [-0.39, 0.29) is 0 Å². The fourth-order valence-electron chi connectivity index (χ4n) is 2.80. The molecule has 0 saturated carbocycles. The van der Waals surface area contributed by atoms with E-state index >= 15 is 0 Å². The first kappa shape index (κ1) is 16.1. The van der Waals surface area contributed by atoms with Crippen molar-refractivity contribution in [2.45, 2.75) is 0 Å². The lowest BCUT2D eigenvalue weighted by atomic mass is 10.1. The molecule has 0 bridgehead atoms. The van der Waals surface area contributed by atoms with Crippen molar-refractivity contribution >= 4 is 33.9 Å². The van der Waals surface area contributed by atoms with Crippen LogP contribution in [0.3, 0.4) is 0 Å². The van der Waals surface area contributed by atoms with E-state index in [9.17, 15) is 5.26 Å². The van der Waals surface area contributed by atoms with Gasteiger partial charge in [-0.25, -0.2) is 4.98 Å². The highest BCUT2D eigenvalue weighted by Crippen LogP contribution is 2.29. The predicted molar refractivity (Wildman–Crippen MR) is 106 cm³/mol. The van der Waals surface area contributed by atoms with Gasteiger partial charge in [-0.2, -0.15) is 5.26 Å². The zero-order chi connectivity index (χ0) is 17.9. The van der Waals surface area contributed by atoms with E-state index in [0.717, 1.165) is 33.5 Å². The minimum absolute atomic E-state index is 0.555. The fraction of sp³-hybridized carbons (Fsp3) is 0.0476. The molecule has 4 nitrogen and oxygen atoms in total. The van der Waals surface area contributed by atoms with Crippen LogP contribution in [0.15, 0.2) is 60.1 Å². The monoisotopic (exact) mass is 357 g/mol. The summed E-state index contributed by atoms with van der Waals surface area (Å²) in [5.41, 5.74) is 4.44. The maximum Gasteiger partial charge on any atom is 0.134 e. The molecule has 5 heteroatoms. The summed E-state index contributed by atoms with van der Waals surface area (Å²) in [5.74, 6) is 0.807. The fourth-order valence-corrected chi connectivity index (χ4v) is 3.60. The van der Waals surface area contributed by atoms with Gasteiger partial charge in [0, 0.05) is 33.6 Å². The van der Waals surface area contributed by atoms with E-state index in [0.29, 0.717) is 10.6 Å². The van der Waals surface area contributed by atoms with Crippen molar-refractivity contribution in [3.05, 3.63) is 70.7 Å². The zero-order valence-corrected chi connectivity index (χ0v) is 14.9. The molecular weight excluding hydrogens is 342 g/mol. The Balaban J connectivity index is 1.69. The van der Waals surface area contributed by atoms with E-state index in [4.69, 9.17) is 4.74 Å². The number of H-pyrrole nitrogens is 1. The van der Waals surface area contributed by atoms with Crippen LogP contribution >= 0.6 is 11.3 Å². The summed E-state index contributed by atoms with van der Waals surface area (Å²) in [6.45, 7) is 0. The van der Waals surface area contributed by atoms with Crippen LogP contribution in [0.1, 0.15) is 10.6 Å². The van der Waals surface area contributed by atoms with Crippen LogP contribution in [0.2, 0.25) is 0 Å². The maximum absolute atomic E-state index is 9.62. The lowest BCUT2D eigenvalue weighted by molar-refractivity contribution is 0.415. The molecule has 2 heterocycles. The van der Waals surface area contributed by atoms with Gasteiger partial charge < -0.3 is 9.72 Å². The number of nitriles is 1. The Hall–Kier alpha value is -3.36. The van der Waals surface area contributed by atoms with E-state index in [1.54, 1.807) is 7.11 Å². The van der Waals surface area contributed by atoms with Crippen molar-refractivity contribution in [1.29, 1.82) is 5.26 Å². The molecule has 0 radical (unpaired) electrons. The number of benzene rings is 2. The zero-order valence-electron chi connectivity index (χ0n) is 14.1. The minimum Gasteiger partial charge on any atom is -0.497 e. The van der Waals surface area contributed by atoms with Gasteiger partial charge in [0.15, 0.2) is 0 Å². The van der Waals surface area contributed by atoms with Gasteiger partial charge in [-0.1, -0.05) is 18.2 Å². The summed E-state index contributed by atoms with van der Waals surface area (Å²) in [6, 6.07) is 18.1. The van der Waals surface area contributed by atoms with Crippen molar-refractivity contribution in [1.82, 2.24) is 9.97 Å². The summed E-state index contributed by atoms with van der Waals surface area (Å²) in [7, 11) is 1.64. The molecule has 0 amide bonds. The first-order chi connectivity index (χ1) is 12.8. The molecule has 0 aliphatic rings. The molecule has 0 atom stereocenters. The molecule has 0 unspecified atom stereocenters. The van der Waals surface area contributed by atoms with Crippen LogP contribution in [-0.2, 0) is 0 Å². The number of ether oxygens (including phenoxy) is 1. The van der Waals surface area contributed by atoms with Crippen LogP contribution < -0.4 is 4.74 Å². The average molecular weight is 357 g/mol. The summed E-state index contributed by atoms with van der Waals surface area (Å²) in [5, 5.41) is 13.4. The number of methoxy groups -OCH3 is 1. The molecule has 1 N–H and O–H groups in total. The van der Waals surface area contributed by atoms with Crippen LogP contribution in [0.4, 0.5) is 0 Å². The van der Waals surface area contributed by atoms with Gasteiger partial charge in [-0.15, -0.1) is 11.3 Å². The van der Waals surface area contributed by atoms with E-state index in [1.165, 1.54) is 11.3 Å². The predicted octanol–water partition coefficient (Wildman–Crippen LogP) is 5.36. The van der Waals surface area contributed by atoms with Gasteiger partial charge in [0.05, 0.1) is 18.4 Å². The van der Waals surface area contributed by atoms with Crippen molar-refractivity contribution in [2.75, 3.05) is 7.11 Å². The number of para-hydroxylation sites is 1. The van der Waals surface area contributed by atoms with Crippen LogP contribution in [0.5, 0.6) is 5.75 Å². The van der Waals surface area contributed by atoms with Crippen LogP contribution in [0.25, 0.3) is 33.8 Å². The van der Waals surface area contributed by atoms with Crippen molar-refractivity contribution in [3.8, 4) is 23.1 Å². The summed E-state index contributed by atoms with van der Waals surface area (Å²) in [6.07, 6.45) is 3.80. The summed E-state index contributed by atoms with van der Waals surface area (Å²) >= 11 is 1.47. The molecule has 2 aromatic heterocycles. The highest BCUT2D eigenvalue weighted by atomic mass is 32.1. The van der Waals surface area contributed by atoms with Crippen LogP contribution in [0, 0.1) is 11.3 Å². The molecule has 0 saturated heterocycles. The Labute approximate surface area is 155 Å². The standard InChI is InChI=1S/C21H15N3OS/c1-25-17-8-6-14(7-9-17)20-13-26-21(24-20)15(11-22)10-16-12-23-19-5-3-2-4-18(16)19/h2-10,12-13,23H,1H3. The molecule has 4 aromatic rings. The normalized spacial score (nSPS) is 11.5. The number of nitrogens with zero attached hydrogens (tertiary/aromatic N) is 2. The van der Waals surface area contributed by atoms with Crippen molar-refractivity contribution in [2.24, 2.45) is 0 Å². The number of rotatable bonds is 4. The van der Waals surface area contributed by atoms with Crippen molar-refractivity contribution in [3.63, 3.8) is 0 Å². The highest BCUT2D eigenvalue weighted by Gasteiger charge is 2.10. The molecule has 0 fully saturated rings. The van der Waals surface area contributed by atoms with Crippen molar-refractivity contribution < 1.29 is 4.74 Å². The van der Waals surface area contributed by atoms with E-state index in [2.05, 4.69) is 16.0 Å². The Kier molecular flexibility index (Phi) is 4.26. The number of hydrogen-bond acceptors (Lipinski definition) is 4. The molecule has 26 heavy (non-hydrogen) atoms. The van der Waals surface area contributed by atoms with Gasteiger partial charge in [0.25, 0.3) is 0 Å². The number of aromatic nitrogens is 2. The second-order valence-corrected chi connectivity index (χ2v) is 6.58. The third-order valence-electron chi connectivity index (χ3n) is 4.16. The molecule has 126 valence electrons. The Morgan fingerprint density at radius 3 is 2.77 bits per heavy atom. The maximum atomic E-state index is 9.62. The molecule has 0 spiro atoms. The second kappa shape index (κ2) is 6.87. The number of fused-ring (bicyclic) bond motifs is 1. The molecular formula is C21H15N3OS. The Bertz CT molecular complexity index is 1130. The van der Waals surface area contributed by atoms with Crippen LogP contribution in [-0.4, -0.2) is 17.1 Å². The first-order valence-corrected chi connectivity index (χ1v) is 8.94. The smallest absolute Gasteiger partial charge is 0.134 e. The molecule has 0 aliphatic carbocycles. The number of allylic oxidation sites excluding steroid dienone is 1. The van der Waals surface area contributed by atoms with E-state index in [1.807, 2.05) is 66.2 Å².